The van der Waals surface area contributed by atoms with Crippen LogP contribution in [0.3, 0.4) is 0 Å². The number of thiophene rings is 1. The summed E-state index contributed by atoms with van der Waals surface area (Å²) in [7, 11) is 0. The molecule has 23 heavy (non-hydrogen) atoms. The summed E-state index contributed by atoms with van der Waals surface area (Å²) in [4.78, 5) is 15.7. The maximum absolute atomic E-state index is 12.5. The van der Waals surface area contributed by atoms with Gasteiger partial charge in [-0.1, -0.05) is 31.0 Å². The lowest BCUT2D eigenvalue weighted by atomic mass is 10.2. The van der Waals surface area contributed by atoms with Crippen LogP contribution in [0.25, 0.3) is 0 Å². The van der Waals surface area contributed by atoms with Gasteiger partial charge in [0.25, 0.3) is 0 Å². The Balaban J connectivity index is 1.58. The molecule has 1 aliphatic rings. The topological polar surface area (TPSA) is 29.5 Å². The molecule has 0 atom stereocenters. The number of ketones is 1. The highest BCUT2D eigenvalue weighted by Crippen LogP contribution is 2.30. The summed E-state index contributed by atoms with van der Waals surface area (Å²) in [5.74, 6) is 1.64. The fourth-order valence-corrected chi connectivity index (χ4v) is 3.72. The number of carbonyl (C=O) groups excluding carboxylic acids is 1. The first-order valence-electron chi connectivity index (χ1n) is 8.39. The molecule has 122 valence electrons. The van der Waals surface area contributed by atoms with E-state index < -0.39 is 0 Å². The lowest BCUT2D eigenvalue weighted by molar-refractivity contribution is 0.0967. The van der Waals surface area contributed by atoms with Gasteiger partial charge in [0.05, 0.1) is 0 Å². The summed E-state index contributed by atoms with van der Waals surface area (Å²) in [6.07, 6.45) is 5.74. The normalized spacial score (nSPS) is 16.0. The quantitative estimate of drug-likeness (QED) is 0.699. The van der Waals surface area contributed by atoms with E-state index in [1.165, 1.54) is 37.0 Å². The van der Waals surface area contributed by atoms with Crippen LogP contribution < -0.4 is 4.74 Å². The minimum Gasteiger partial charge on any atom is -0.456 e. The van der Waals surface area contributed by atoms with E-state index in [1.54, 1.807) is 0 Å². The van der Waals surface area contributed by atoms with Gasteiger partial charge in [-0.15, -0.1) is 11.3 Å². The van der Waals surface area contributed by atoms with Gasteiger partial charge in [-0.2, -0.15) is 0 Å². The van der Waals surface area contributed by atoms with Crippen LogP contribution in [0.2, 0.25) is 0 Å². The van der Waals surface area contributed by atoms with Crippen LogP contribution in [-0.2, 0) is 0 Å². The Morgan fingerprint density at radius 1 is 1.04 bits per heavy atom. The van der Waals surface area contributed by atoms with E-state index in [1.807, 2.05) is 41.8 Å². The zero-order valence-corrected chi connectivity index (χ0v) is 14.2. The summed E-state index contributed by atoms with van der Waals surface area (Å²) in [5, 5.41) is 1.93. The molecule has 1 saturated heterocycles. The lowest BCUT2D eigenvalue weighted by Gasteiger charge is -2.18. The van der Waals surface area contributed by atoms with Crippen LogP contribution in [0.5, 0.6) is 11.5 Å². The van der Waals surface area contributed by atoms with Crippen molar-refractivity contribution in [1.82, 2.24) is 4.90 Å². The Morgan fingerprint density at radius 2 is 1.78 bits per heavy atom. The van der Waals surface area contributed by atoms with Gasteiger partial charge < -0.3 is 9.64 Å². The van der Waals surface area contributed by atoms with Gasteiger partial charge in [0.15, 0.2) is 5.78 Å². The molecule has 2 heterocycles. The highest BCUT2D eigenvalue weighted by Gasteiger charge is 2.17. The van der Waals surface area contributed by atoms with Gasteiger partial charge in [0.1, 0.15) is 16.4 Å². The number of nitrogens with zero attached hydrogens (tertiary/aromatic N) is 1. The molecule has 1 aromatic heterocycles. The maximum Gasteiger partial charge on any atom is 0.177 e. The number of hydrogen-bond donors (Lipinski definition) is 0. The third-order valence-corrected chi connectivity index (χ3v) is 5.14. The van der Waals surface area contributed by atoms with Gasteiger partial charge in [-0.3, -0.25) is 4.79 Å². The average Bonchev–Trinajstić information content (AvgIpc) is 2.88. The molecule has 0 saturated carbocycles. The largest absolute Gasteiger partial charge is 0.456 e. The van der Waals surface area contributed by atoms with Crippen molar-refractivity contribution in [2.75, 3.05) is 19.6 Å². The van der Waals surface area contributed by atoms with Crippen LogP contribution in [0.1, 0.15) is 41.8 Å². The van der Waals surface area contributed by atoms with Crippen molar-refractivity contribution in [2.24, 2.45) is 0 Å². The van der Waals surface area contributed by atoms with Gasteiger partial charge in [-0.25, -0.2) is 0 Å². The first-order chi connectivity index (χ1) is 11.3. The van der Waals surface area contributed by atoms with Crippen LogP contribution in [0, 0.1) is 0 Å². The first-order valence-corrected chi connectivity index (χ1v) is 9.27. The van der Waals surface area contributed by atoms with Crippen LogP contribution in [0.4, 0.5) is 0 Å². The zero-order valence-electron chi connectivity index (χ0n) is 13.4. The highest BCUT2D eigenvalue weighted by atomic mass is 32.1. The molecule has 3 rings (SSSR count). The number of benzene rings is 1. The number of likely N-dealkylation sites (tertiary alicyclic amines) is 1. The van der Waals surface area contributed by atoms with Crippen LogP contribution in [0.15, 0.2) is 41.8 Å². The lowest BCUT2D eigenvalue weighted by Crippen LogP contribution is -2.27. The predicted octanol–water partition coefficient (Wildman–Crippen LogP) is 4.99. The van der Waals surface area contributed by atoms with Crippen molar-refractivity contribution < 1.29 is 9.53 Å². The van der Waals surface area contributed by atoms with Crippen molar-refractivity contribution in [3.63, 3.8) is 0 Å². The molecular weight excluding hydrogens is 306 g/mol. The summed E-state index contributed by atoms with van der Waals surface area (Å²) >= 11 is 1.47. The molecule has 2 aromatic rings. The molecule has 3 nitrogen and oxygen atoms in total. The Kier molecular flexibility index (Phi) is 5.83. The molecule has 0 amide bonds. The third-order valence-electron chi connectivity index (χ3n) is 4.21. The van der Waals surface area contributed by atoms with Crippen molar-refractivity contribution in [2.45, 2.75) is 32.1 Å². The number of Topliss-reactive ketones (excluding diaryl/α,β-unsaturated/α-hetero) is 1. The molecule has 1 aromatic carbocycles. The monoisotopic (exact) mass is 329 g/mol. The fourth-order valence-electron chi connectivity index (χ4n) is 2.93. The molecule has 0 radical (unpaired) electrons. The minimum absolute atomic E-state index is 0.190. The van der Waals surface area contributed by atoms with E-state index in [4.69, 9.17) is 4.74 Å². The molecule has 0 bridgehead atoms. The van der Waals surface area contributed by atoms with E-state index in [-0.39, 0.29) is 5.78 Å². The Morgan fingerprint density at radius 3 is 2.52 bits per heavy atom. The molecule has 1 fully saturated rings. The summed E-state index contributed by atoms with van der Waals surface area (Å²) in [5.41, 5.74) is 0. The average molecular weight is 329 g/mol. The number of rotatable bonds is 6. The standard InChI is InChI=1S/C19H23NO2S/c21-17(10-14-20-12-6-1-2-7-13-20)19-18(11-15-23-19)22-16-8-4-3-5-9-16/h3-5,8-9,11,15H,1-2,6-7,10,12-14H2. The molecule has 4 heteroatoms. The number of para-hydroxylation sites is 1. The van der Waals surface area contributed by atoms with E-state index >= 15 is 0 Å². The van der Waals surface area contributed by atoms with Gasteiger partial charge in [0.2, 0.25) is 0 Å². The van der Waals surface area contributed by atoms with E-state index in [2.05, 4.69) is 4.90 Å². The molecule has 1 aliphatic heterocycles. The summed E-state index contributed by atoms with van der Waals surface area (Å²) in [6.45, 7) is 3.12. The summed E-state index contributed by atoms with van der Waals surface area (Å²) < 4.78 is 5.86. The Labute approximate surface area is 141 Å². The van der Waals surface area contributed by atoms with Gasteiger partial charge in [0, 0.05) is 13.0 Å². The highest BCUT2D eigenvalue weighted by molar-refractivity contribution is 7.12. The minimum atomic E-state index is 0.190. The molecule has 0 N–H and O–H groups in total. The number of hydrogen-bond acceptors (Lipinski definition) is 4. The summed E-state index contributed by atoms with van der Waals surface area (Å²) in [6, 6.07) is 11.5. The fraction of sp³-hybridized carbons (Fsp3) is 0.421. The maximum atomic E-state index is 12.5. The second-order valence-electron chi connectivity index (χ2n) is 5.96. The molecule has 0 unspecified atom stereocenters. The van der Waals surface area contributed by atoms with Gasteiger partial charge >= 0.3 is 0 Å². The Hall–Kier alpha value is -1.65. The molecule has 0 spiro atoms. The van der Waals surface area contributed by atoms with Crippen molar-refractivity contribution >= 4 is 17.1 Å². The van der Waals surface area contributed by atoms with E-state index in [0.29, 0.717) is 12.2 Å². The SMILES string of the molecule is O=C(CCN1CCCCCC1)c1sccc1Oc1ccccc1. The van der Waals surface area contributed by atoms with Crippen LogP contribution in [-0.4, -0.2) is 30.3 Å². The van der Waals surface area contributed by atoms with Crippen molar-refractivity contribution in [3.8, 4) is 11.5 Å². The van der Waals surface area contributed by atoms with Crippen molar-refractivity contribution in [3.05, 3.63) is 46.7 Å². The smallest absolute Gasteiger partial charge is 0.177 e. The van der Waals surface area contributed by atoms with E-state index in [0.717, 1.165) is 30.3 Å². The van der Waals surface area contributed by atoms with Crippen molar-refractivity contribution in [1.29, 1.82) is 0 Å². The Bertz CT molecular complexity index is 615. The third kappa shape index (κ3) is 4.66. The van der Waals surface area contributed by atoms with Gasteiger partial charge in [-0.05, 0) is 49.5 Å². The first kappa shape index (κ1) is 16.2. The molecule has 0 aliphatic carbocycles. The zero-order chi connectivity index (χ0) is 15.9. The van der Waals surface area contributed by atoms with E-state index in [9.17, 15) is 4.79 Å². The number of ether oxygens (including phenoxy) is 1. The second-order valence-corrected chi connectivity index (χ2v) is 6.87. The number of carbonyl (C=O) groups is 1. The second kappa shape index (κ2) is 8.27. The predicted molar refractivity (Wildman–Crippen MR) is 94.7 cm³/mol. The molecular formula is C19H23NO2S. The van der Waals surface area contributed by atoms with Crippen LogP contribution >= 0.6 is 11.3 Å².